The Bertz CT molecular complexity index is 1030. The Hall–Kier alpha value is -3.53. The van der Waals surface area contributed by atoms with Crippen molar-refractivity contribution in [1.29, 1.82) is 0 Å². The Kier molecular flexibility index (Phi) is 4.15. The van der Waals surface area contributed by atoms with E-state index in [0.29, 0.717) is 5.52 Å². The van der Waals surface area contributed by atoms with Crippen molar-refractivity contribution in [3.05, 3.63) is 96.2 Å². The van der Waals surface area contributed by atoms with Crippen molar-refractivity contribution in [1.82, 2.24) is 4.98 Å². The number of aromatic hydroxyl groups is 2. The van der Waals surface area contributed by atoms with E-state index in [1.807, 2.05) is 66.7 Å². The van der Waals surface area contributed by atoms with Gasteiger partial charge in [-0.3, -0.25) is 4.98 Å². The maximum absolute atomic E-state index is 10.9. The summed E-state index contributed by atoms with van der Waals surface area (Å²) >= 11 is 0. The van der Waals surface area contributed by atoms with Crippen LogP contribution in [0.5, 0.6) is 11.5 Å². The molecule has 0 aliphatic carbocycles. The van der Waals surface area contributed by atoms with Gasteiger partial charge < -0.3 is 15.5 Å². The Morgan fingerprint density at radius 2 is 1.54 bits per heavy atom. The van der Waals surface area contributed by atoms with Gasteiger partial charge >= 0.3 is 0 Å². The number of nitrogens with one attached hydrogen (secondary N) is 1. The second-order valence-corrected chi connectivity index (χ2v) is 6.11. The van der Waals surface area contributed by atoms with Crippen LogP contribution in [0.15, 0.2) is 85.1 Å². The minimum Gasteiger partial charge on any atom is -0.508 e. The van der Waals surface area contributed by atoms with E-state index in [0.717, 1.165) is 22.2 Å². The SMILES string of the molecule is Oc1ccc(NC(c2ccccc2)c2ccc3cccnc3c2O)cc1. The van der Waals surface area contributed by atoms with Crippen LogP contribution in [-0.4, -0.2) is 15.2 Å². The molecule has 0 aliphatic heterocycles. The van der Waals surface area contributed by atoms with Crippen LogP contribution in [0.2, 0.25) is 0 Å². The Labute approximate surface area is 151 Å². The van der Waals surface area contributed by atoms with E-state index < -0.39 is 0 Å². The van der Waals surface area contributed by atoms with Crippen LogP contribution in [0.3, 0.4) is 0 Å². The lowest BCUT2D eigenvalue weighted by molar-refractivity contribution is 0.471. The molecule has 0 spiro atoms. The first kappa shape index (κ1) is 16.0. The number of fused-ring (bicyclic) bond motifs is 1. The van der Waals surface area contributed by atoms with Crippen molar-refractivity contribution in [2.75, 3.05) is 5.32 Å². The van der Waals surface area contributed by atoms with Crippen LogP contribution >= 0.6 is 0 Å². The predicted molar refractivity (Wildman–Crippen MR) is 103 cm³/mol. The first-order chi connectivity index (χ1) is 12.7. The molecule has 1 atom stereocenters. The number of nitrogens with zero attached hydrogens (tertiary/aromatic N) is 1. The minimum absolute atomic E-state index is 0.170. The molecular formula is C22H18N2O2. The van der Waals surface area contributed by atoms with Crippen LogP contribution in [0.25, 0.3) is 10.9 Å². The topological polar surface area (TPSA) is 65.4 Å². The lowest BCUT2D eigenvalue weighted by Gasteiger charge is -2.22. The quantitative estimate of drug-likeness (QED) is 0.464. The Morgan fingerprint density at radius 1 is 0.769 bits per heavy atom. The van der Waals surface area contributed by atoms with Crippen molar-refractivity contribution in [3.8, 4) is 11.5 Å². The van der Waals surface area contributed by atoms with E-state index in [1.165, 1.54) is 0 Å². The summed E-state index contributed by atoms with van der Waals surface area (Å²) in [7, 11) is 0. The third kappa shape index (κ3) is 3.05. The first-order valence-corrected chi connectivity index (χ1v) is 8.39. The Balaban J connectivity index is 1.83. The molecule has 0 fully saturated rings. The van der Waals surface area contributed by atoms with Crippen LogP contribution in [0.4, 0.5) is 5.69 Å². The number of aromatic nitrogens is 1. The summed E-state index contributed by atoms with van der Waals surface area (Å²) in [4.78, 5) is 4.33. The molecule has 0 amide bonds. The molecule has 4 rings (SSSR count). The van der Waals surface area contributed by atoms with Gasteiger partial charge in [0.15, 0.2) is 0 Å². The lowest BCUT2D eigenvalue weighted by atomic mass is 9.96. The predicted octanol–water partition coefficient (Wildman–Crippen LogP) is 4.85. The highest BCUT2D eigenvalue weighted by atomic mass is 16.3. The third-order valence-corrected chi connectivity index (χ3v) is 4.40. The molecule has 1 heterocycles. The molecule has 0 radical (unpaired) electrons. The van der Waals surface area contributed by atoms with E-state index in [2.05, 4.69) is 10.3 Å². The smallest absolute Gasteiger partial charge is 0.147 e. The van der Waals surface area contributed by atoms with Crippen molar-refractivity contribution >= 4 is 16.6 Å². The van der Waals surface area contributed by atoms with Gasteiger partial charge in [0.05, 0.1) is 6.04 Å². The number of pyridine rings is 1. The lowest BCUT2D eigenvalue weighted by Crippen LogP contribution is -2.12. The van der Waals surface area contributed by atoms with Crippen molar-refractivity contribution in [2.24, 2.45) is 0 Å². The Morgan fingerprint density at radius 3 is 2.31 bits per heavy atom. The zero-order valence-corrected chi connectivity index (χ0v) is 14.0. The van der Waals surface area contributed by atoms with Gasteiger partial charge in [0, 0.05) is 22.8 Å². The molecule has 128 valence electrons. The molecule has 4 heteroatoms. The highest BCUT2D eigenvalue weighted by molar-refractivity contribution is 5.86. The van der Waals surface area contributed by atoms with Gasteiger partial charge in [0.25, 0.3) is 0 Å². The number of anilines is 1. The van der Waals surface area contributed by atoms with E-state index in [4.69, 9.17) is 0 Å². The maximum Gasteiger partial charge on any atom is 0.147 e. The molecule has 3 aromatic carbocycles. The summed E-state index contributed by atoms with van der Waals surface area (Å²) in [6.45, 7) is 0. The minimum atomic E-state index is -0.257. The fourth-order valence-corrected chi connectivity index (χ4v) is 3.09. The number of benzene rings is 3. The highest BCUT2D eigenvalue weighted by Gasteiger charge is 2.19. The number of hydrogen-bond acceptors (Lipinski definition) is 4. The fraction of sp³-hybridized carbons (Fsp3) is 0.0455. The van der Waals surface area contributed by atoms with Gasteiger partial charge in [-0.1, -0.05) is 48.5 Å². The number of hydrogen-bond donors (Lipinski definition) is 3. The van der Waals surface area contributed by atoms with Gasteiger partial charge in [0.2, 0.25) is 0 Å². The summed E-state index contributed by atoms with van der Waals surface area (Å²) < 4.78 is 0. The summed E-state index contributed by atoms with van der Waals surface area (Å²) in [5.41, 5.74) is 3.19. The van der Waals surface area contributed by atoms with Crippen LogP contribution in [-0.2, 0) is 0 Å². The molecule has 26 heavy (non-hydrogen) atoms. The first-order valence-electron chi connectivity index (χ1n) is 8.39. The normalized spacial score (nSPS) is 12.0. The standard InChI is InChI=1S/C22H18N2O2/c25-18-11-9-17(10-12-18)24-20(15-5-2-1-3-6-15)19-13-8-16-7-4-14-23-21(16)22(19)26/h1-14,20,24-26H. The largest absolute Gasteiger partial charge is 0.508 e. The highest BCUT2D eigenvalue weighted by Crippen LogP contribution is 2.36. The van der Waals surface area contributed by atoms with Crippen LogP contribution in [0, 0.1) is 0 Å². The van der Waals surface area contributed by atoms with Crippen molar-refractivity contribution in [3.63, 3.8) is 0 Å². The van der Waals surface area contributed by atoms with E-state index in [9.17, 15) is 10.2 Å². The molecule has 4 nitrogen and oxygen atoms in total. The van der Waals surface area contributed by atoms with E-state index in [1.54, 1.807) is 18.3 Å². The fourth-order valence-electron chi connectivity index (χ4n) is 3.09. The van der Waals surface area contributed by atoms with Crippen molar-refractivity contribution < 1.29 is 10.2 Å². The van der Waals surface area contributed by atoms with E-state index in [-0.39, 0.29) is 17.5 Å². The molecule has 4 aromatic rings. The monoisotopic (exact) mass is 342 g/mol. The number of rotatable bonds is 4. The second-order valence-electron chi connectivity index (χ2n) is 6.11. The molecular weight excluding hydrogens is 324 g/mol. The molecule has 1 aromatic heterocycles. The molecule has 3 N–H and O–H groups in total. The molecule has 0 bridgehead atoms. The van der Waals surface area contributed by atoms with Crippen LogP contribution < -0.4 is 5.32 Å². The maximum atomic E-state index is 10.9. The number of phenols is 2. The van der Waals surface area contributed by atoms with Gasteiger partial charge in [-0.25, -0.2) is 0 Å². The number of phenolic OH excluding ortho intramolecular Hbond substituents is 2. The van der Waals surface area contributed by atoms with E-state index >= 15 is 0 Å². The van der Waals surface area contributed by atoms with Gasteiger partial charge in [-0.05, 0) is 35.9 Å². The third-order valence-electron chi connectivity index (χ3n) is 4.40. The molecule has 0 saturated carbocycles. The van der Waals surface area contributed by atoms with Gasteiger partial charge in [-0.2, -0.15) is 0 Å². The van der Waals surface area contributed by atoms with Gasteiger partial charge in [0.1, 0.15) is 17.0 Å². The average molecular weight is 342 g/mol. The summed E-state index contributed by atoms with van der Waals surface area (Å²) in [5.74, 6) is 0.382. The summed E-state index contributed by atoms with van der Waals surface area (Å²) in [6, 6.07) is 24.2. The average Bonchev–Trinajstić information content (AvgIpc) is 2.69. The van der Waals surface area contributed by atoms with Crippen molar-refractivity contribution in [2.45, 2.75) is 6.04 Å². The summed E-state index contributed by atoms with van der Waals surface area (Å²) in [5, 5.41) is 24.7. The molecule has 1 unspecified atom stereocenters. The summed E-state index contributed by atoms with van der Waals surface area (Å²) in [6.07, 6.45) is 1.68. The van der Waals surface area contributed by atoms with Gasteiger partial charge in [-0.15, -0.1) is 0 Å². The molecule has 0 aliphatic rings. The second kappa shape index (κ2) is 6.76. The molecule has 0 saturated heterocycles. The zero-order chi connectivity index (χ0) is 17.9. The zero-order valence-electron chi connectivity index (χ0n) is 14.0. The van der Waals surface area contributed by atoms with Crippen LogP contribution in [0.1, 0.15) is 17.2 Å².